The lowest BCUT2D eigenvalue weighted by Crippen LogP contribution is -1.96. The van der Waals surface area contributed by atoms with E-state index in [9.17, 15) is 0 Å². The summed E-state index contributed by atoms with van der Waals surface area (Å²) in [5.74, 6) is 0. The summed E-state index contributed by atoms with van der Waals surface area (Å²) in [6.45, 7) is 0. The number of ether oxygens (including phenoxy) is 1. The molecule has 0 aliphatic rings. The van der Waals surface area contributed by atoms with Crippen molar-refractivity contribution in [2.75, 3.05) is 0 Å². The van der Waals surface area contributed by atoms with Crippen LogP contribution in [0.5, 0.6) is 0 Å². The zero-order valence-electron chi connectivity index (χ0n) is 3.16. The van der Waals surface area contributed by atoms with Crippen molar-refractivity contribution in [3.05, 3.63) is 0 Å². The molecule has 5 heteroatoms. The maximum absolute atomic E-state index is 6.34. The molecule has 0 aromatic carbocycles. The van der Waals surface area contributed by atoms with E-state index in [-0.39, 0.29) is 0 Å². The molecule has 3 nitrogen and oxygen atoms in total. The summed E-state index contributed by atoms with van der Waals surface area (Å²) in [7, 11) is 0. The van der Waals surface area contributed by atoms with E-state index in [0.29, 0.717) is 0 Å². The first-order chi connectivity index (χ1) is 3.13. The lowest BCUT2D eigenvalue weighted by molar-refractivity contribution is 0.564. The normalized spacial score (nSPS) is 7.71. The zero-order chi connectivity index (χ0) is 5.86. The van der Waals surface area contributed by atoms with Crippen LogP contribution >= 0.6 is 23.2 Å². The largest absolute Gasteiger partial charge is 0.401 e. The van der Waals surface area contributed by atoms with Gasteiger partial charge in [-0.25, -0.2) is 0 Å². The topological polar surface area (TPSA) is 56.9 Å². The predicted molar refractivity (Wildman–Crippen MR) is 28.2 cm³/mol. The van der Waals surface area contributed by atoms with Gasteiger partial charge in [0.05, 0.1) is 0 Å². The summed E-state index contributed by atoms with van der Waals surface area (Å²) >= 11 is 9.62. The molecule has 0 unspecified atom stereocenters. The summed E-state index contributed by atoms with van der Waals surface area (Å²) in [4.78, 5) is 0. The first-order valence-electron chi connectivity index (χ1n) is 1.29. The molecule has 0 atom stereocenters. The van der Waals surface area contributed by atoms with Crippen molar-refractivity contribution < 1.29 is 4.74 Å². The molecular weight excluding hydrogens is 139 g/mol. The van der Waals surface area contributed by atoms with E-state index in [1.807, 2.05) is 0 Å². The monoisotopic (exact) mass is 140 g/mol. The van der Waals surface area contributed by atoms with Gasteiger partial charge in [-0.15, -0.1) is 0 Å². The standard InChI is InChI=1S/C2H2Cl2N2O/c3-1(5)7-2(4)6/h5-6H. The van der Waals surface area contributed by atoms with Gasteiger partial charge in [-0.05, 0) is 23.2 Å². The SMILES string of the molecule is N=C(Cl)OC(=N)Cl. The van der Waals surface area contributed by atoms with Crippen LogP contribution in [-0.2, 0) is 4.74 Å². The molecule has 0 heterocycles. The number of rotatable bonds is 0. The minimum absolute atomic E-state index is 0.597. The molecule has 40 valence electrons. The van der Waals surface area contributed by atoms with Crippen LogP contribution in [0.25, 0.3) is 0 Å². The van der Waals surface area contributed by atoms with E-state index in [1.54, 1.807) is 0 Å². The molecule has 0 aromatic heterocycles. The highest BCUT2D eigenvalue weighted by molar-refractivity contribution is 6.68. The Morgan fingerprint density at radius 3 is 1.43 bits per heavy atom. The summed E-state index contributed by atoms with van der Waals surface area (Å²) in [6, 6.07) is 0. The summed E-state index contributed by atoms with van der Waals surface area (Å²) in [5.41, 5.74) is 0. The molecule has 0 aliphatic carbocycles. The van der Waals surface area contributed by atoms with E-state index in [2.05, 4.69) is 4.74 Å². The first-order valence-corrected chi connectivity index (χ1v) is 2.04. The molecule has 0 aliphatic heterocycles. The highest BCUT2D eigenvalue weighted by Gasteiger charge is 1.91. The molecule has 7 heavy (non-hydrogen) atoms. The molecule has 0 aromatic rings. The van der Waals surface area contributed by atoms with Crippen LogP contribution in [0.2, 0.25) is 0 Å². The Balaban J connectivity index is 3.32. The van der Waals surface area contributed by atoms with Crippen LogP contribution < -0.4 is 0 Å². The van der Waals surface area contributed by atoms with Crippen LogP contribution in [0, 0.1) is 10.8 Å². The van der Waals surface area contributed by atoms with Gasteiger partial charge in [-0.2, -0.15) is 0 Å². The van der Waals surface area contributed by atoms with Gasteiger partial charge in [0.25, 0.3) is 10.7 Å². The van der Waals surface area contributed by atoms with Crippen LogP contribution in [0.4, 0.5) is 0 Å². The fourth-order valence-corrected chi connectivity index (χ4v) is 0.272. The molecule has 0 saturated heterocycles. The van der Waals surface area contributed by atoms with Gasteiger partial charge in [0.15, 0.2) is 0 Å². The minimum Gasteiger partial charge on any atom is -0.401 e. The van der Waals surface area contributed by atoms with Gasteiger partial charge in [0.1, 0.15) is 0 Å². The second-order valence-corrected chi connectivity index (χ2v) is 1.34. The van der Waals surface area contributed by atoms with Gasteiger partial charge in [-0.1, -0.05) is 0 Å². The van der Waals surface area contributed by atoms with Gasteiger partial charge in [-0.3, -0.25) is 10.8 Å². The van der Waals surface area contributed by atoms with Crippen LogP contribution in [0.15, 0.2) is 0 Å². The minimum atomic E-state index is -0.597. The van der Waals surface area contributed by atoms with Crippen molar-refractivity contribution in [1.82, 2.24) is 0 Å². The van der Waals surface area contributed by atoms with Crippen molar-refractivity contribution >= 4 is 33.9 Å². The van der Waals surface area contributed by atoms with Crippen LogP contribution in [-0.4, -0.2) is 10.7 Å². The van der Waals surface area contributed by atoms with Gasteiger partial charge in [0, 0.05) is 0 Å². The lowest BCUT2D eigenvalue weighted by Gasteiger charge is -1.89. The first kappa shape index (κ1) is 6.72. The van der Waals surface area contributed by atoms with Crippen LogP contribution in [0.1, 0.15) is 0 Å². The molecule has 2 N–H and O–H groups in total. The van der Waals surface area contributed by atoms with E-state index < -0.39 is 10.7 Å². The van der Waals surface area contributed by atoms with Crippen molar-refractivity contribution in [3.63, 3.8) is 0 Å². The van der Waals surface area contributed by atoms with E-state index >= 15 is 0 Å². The Morgan fingerprint density at radius 1 is 1.14 bits per heavy atom. The van der Waals surface area contributed by atoms with Crippen molar-refractivity contribution in [2.45, 2.75) is 0 Å². The van der Waals surface area contributed by atoms with E-state index in [1.165, 1.54) is 0 Å². The highest BCUT2D eigenvalue weighted by Crippen LogP contribution is 1.88. The smallest absolute Gasteiger partial charge is 0.286 e. The third-order valence-electron chi connectivity index (χ3n) is 0.179. The Labute approximate surface area is 50.2 Å². The molecule has 0 amide bonds. The average molecular weight is 141 g/mol. The van der Waals surface area contributed by atoms with Crippen LogP contribution in [0.3, 0.4) is 0 Å². The third kappa shape index (κ3) is 5.72. The van der Waals surface area contributed by atoms with Gasteiger partial charge in [0.2, 0.25) is 0 Å². The summed E-state index contributed by atoms with van der Waals surface area (Å²) in [6.07, 6.45) is 0. The average Bonchev–Trinajstić information content (AvgIpc) is 1.27. The molecular formula is C2H2Cl2N2O. The highest BCUT2D eigenvalue weighted by atomic mass is 35.5. The maximum Gasteiger partial charge on any atom is 0.286 e. The maximum atomic E-state index is 6.34. The molecule has 0 bridgehead atoms. The fourth-order valence-electron chi connectivity index (χ4n) is 0.0787. The molecule has 0 spiro atoms. The van der Waals surface area contributed by atoms with Crippen molar-refractivity contribution in [3.8, 4) is 0 Å². The quantitative estimate of drug-likeness (QED) is 0.388. The number of hydrogen-bond acceptors (Lipinski definition) is 3. The summed E-state index contributed by atoms with van der Waals surface area (Å²) in [5, 5.41) is 11.5. The molecule has 0 saturated carbocycles. The number of hydrogen-bond donors (Lipinski definition) is 2. The van der Waals surface area contributed by atoms with E-state index in [4.69, 9.17) is 34.0 Å². The summed E-state index contributed by atoms with van der Waals surface area (Å²) < 4.78 is 3.95. The second kappa shape index (κ2) is 2.82. The van der Waals surface area contributed by atoms with Gasteiger partial charge >= 0.3 is 0 Å². The fraction of sp³-hybridized carbons (Fsp3) is 0. The zero-order valence-corrected chi connectivity index (χ0v) is 4.68. The molecule has 0 radical (unpaired) electrons. The second-order valence-electron chi connectivity index (χ2n) is 0.649. The number of nitrogens with one attached hydrogen (secondary N) is 2. The lowest BCUT2D eigenvalue weighted by atomic mass is 11.4. The Bertz CT molecular complexity index is 89.9. The molecule has 0 rings (SSSR count). The van der Waals surface area contributed by atoms with Gasteiger partial charge < -0.3 is 4.74 Å². The Hall–Kier alpha value is -0.280. The number of halogens is 2. The Morgan fingerprint density at radius 2 is 1.43 bits per heavy atom. The van der Waals surface area contributed by atoms with Crippen molar-refractivity contribution in [2.24, 2.45) is 0 Å². The predicted octanol–water partition coefficient (Wildman–Crippen LogP) is 1.35. The van der Waals surface area contributed by atoms with Crippen molar-refractivity contribution in [1.29, 1.82) is 10.8 Å². The van der Waals surface area contributed by atoms with E-state index in [0.717, 1.165) is 0 Å². The molecule has 0 fully saturated rings. The third-order valence-corrected chi connectivity index (χ3v) is 0.334. The Kier molecular flexibility index (Phi) is 2.71.